The van der Waals surface area contributed by atoms with E-state index in [0.29, 0.717) is 19.1 Å². The number of carbonyl (C=O) groups excluding carboxylic acids is 4. The molecule has 0 radical (unpaired) electrons. The molecule has 0 aliphatic carbocycles. The highest BCUT2D eigenvalue weighted by Gasteiger charge is 2.28. The Balaban J connectivity index is 2.17. The average Bonchev–Trinajstić information content (AvgIpc) is 2.78. The molecule has 33 heavy (non-hydrogen) atoms. The molecule has 7 nitrogen and oxygen atoms in total. The van der Waals surface area contributed by atoms with Gasteiger partial charge in [0.2, 0.25) is 17.7 Å². The number of hydrogen-bond acceptors (Lipinski definition) is 4. The van der Waals surface area contributed by atoms with Gasteiger partial charge in [-0.25, -0.2) is 0 Å². The Hall–Kier alpha value is -3.48. The van der Waals surface area contributed by atoms with Gasteiger partial charge in [0, 0.05) is 13.3 Å². The molecule has 2 rings (SSSR count). The lowest BCUT2D eigenvalue weighted by atomic mass is 10.0. The summed E-state index contributed by atoms with van der Waals surface area (Å²) in [6.07, 6.45) is 1.75. The van der Waals surface area contributed by atoms with Gasteiger partial charge in [-0.1, -0.05) is 74.5 Å². The van der Waals surface area contributed by atoms with Crippen LogP contribution in [0.25, 0.3) is 0 Å². The predicted octanol–water partition coefficient (Wildman–Crippen LogP) is 2.19. The summed E-state index contributed by atoms with van der Waals surface area (Å²) in [5, 5.41) is 8.21. The number of carbonyl (C=O) groups is 4. The predicted molar refractivity (Wildman–Crippen MR) is 127 cm³/mol. The van der Waals surface area contributed by atoms with Crippen LogP contribution in [0.2, 0.25) is 0 Å². The van der Waals surface area contributed by atoms with E-state index in [4.69, 9.17) is 0 Å². The van der Waals surface area contributed by atoms with Crippen LogP contribution >= 0.6 is 0 Å². The molecule has 0 bridgehead atoms. The second kappa shape index (κ2) is 13.2. The zero-order valence-corrected chi connectivity index (χ0v) is 19.4. The quantitative estimate of drug-likeness (QED) is 0.430. The van der Waals surface area contributed by atoms with E-state index in [1.807, 2.05) is 74.5 Å². The first-order valence-electron chi connectivity index (χ1n) is 11.2. The normalized spacial score (nSPS) is 13.5. The highest BCUT2D eigenvalue weighted by atomic mass is 16.2. The fraction of sp³-hybridized carbons (Fsp3) is 0.385. The molecule has 2 aromatic carbocycles. The van der Waals surface area contributed by atoms with Crippen molar-refractivity contribution in [1.82, 2.24) is 16.0 Å². The molecule has 7 heteroatoms. The Morgan fingerprint density at radius 3 is 1.76 bits per heavy atom. The lowest BCUT2D eigenvalue weighted by molar-refractivity contribution is -0.132. The van der Waals surface area contributed by atoms with Crippen LogP contribution in [0.4, 0.5) is 0 Å². The lowest BCUT2D eigenvalue weighted by Crippen LogP contribution is -2.56. The summed E-state index contributed by atoms with van der Waals surface area (Å²) < 4.78 is 0. The van der Waals surface area contributed by atoms with Gasteiger partial charge in [-0.2, -0.15) is 0 Å². The Labute approximate surface area is 195 Å². The van der Waals surface area contributed by atoms with Gasteiger partial charge in [-0.3, -0.25) is 14.4 Å². The minimum absolute atomic E-state index is 0.166. The fourth-order valence-corrected chi connectivity index (χ4v) is 3.56. The highest BCUT2D eigenvalue weighted by molar-refractivity contribution is 5.92. The number of benzene rings is 2. The van der Waals surface area contributed by atoms with Crippen molar-refractivity contribution in [2.24, 2.45) is 5.92 Å². The third-order valence-electron chi connectivity index (χ3n) is 5.11. The van der Waals surface area contributed by atoms with Crippen molar-refractivity contribution >= 4 is 24.0 Å². The van der Waals surface area contributed by atoms with Crippen molar-refractivity contribution in [1.29, 1.82) is 0 Å². The molecule has 0 saturated carbocycles. The molecule has 0 aromatic heterocycles. The maximum Gasteiger partial charge on any atom is 0.243 e. The molecular weight excluding hydrogens is 418 g/mol. The molecule has 0 spiro atoms. The van der Waals surface area contributed by atoms with Crippen molar-refractivity contribution < 1.29 is 19.2 Å². The topological polar surface area (TPSA) is 104 Å². The van der Waals surface area contributed by atoms with E-state index in [-0.39, 0.29) is 18.2 Å². The van der Waals surface area contributed by atoms with E-state index >= 15 is 0 Å². The van der Waals surface area contributed by atoms with Crippen LogP contribution in [0.5, 0.6) is 0 Å². The summed E-state index contributed by atoms with van der Waals surface area (Å²) in [6, 6.07) is 16.3. The first-order chi connectivity index (χ1) is 15.8. The van der Waals surface area contributed by atoms with Gasteiger partial charge in [0.15, 0.2) is 0 Å². The summed E-state index contributed by atoms with van der Waals surface area (Å²) in [6.45, 7) is 5.26. The molecule has 176 valence electrons. The molecule has 0 unspecified atom stereocenters. The van der Waals surface area contributed by atoms with Crippen LogP contribution in [-0.2, 0) is 32.0 Å². The molecule has 3 N–H and O–H groups in total. The maximum atomic E-state index is 13.1. The van der Waals surface area contributed by atoms with Gasteiger partial charge >= 0.3 is 0 Å². The van der Waals surface area contributed by atoms with Crippen LogP contribution in [-0.4, -0.2) is 42.1 Å². The summed E-state index contributed by atoms with van der Waals surface area (Å²) in [5.74, 6) is -1.03. The van der Waals surface area contributed by atoms with E-state index in [2.05, 4.69) is 16.0 Å². The van der Waals surface area contributed by atoms with E-state index in [9.17, 15) is 19.2 Å². The molecular formula is C26H33N3O4. The molecule has 0 fully saturated rings. The SMILES string of the molecule is CC(=O)N[C@@H](CC(C)C)C(=O)N[C@@H](Cc1ccccc1)C(=O)N[C@H](C=O)Cc1ccccc1. The molecule has 3 atom stereocenters. The average molecular weight is 452 g/mol. The third-order valence-corrected chi connectivity index (χ3v) is 5.11. The highest BCUT2D eigenvalue weighted by Crippen LogP contribution is 2.09. The van der Waals surface area contributed by atoms with Gasteiger partial charge in [-0.05, 0) is 29.9 Å². The number of rotatable bonds is 12. The molecule has 2 aromatic rings. The zero-order chi connectivity index (χ0) is 24.2. The van der Waals surface area contributed by atoms with Crippen molar-refractivity contribution in [3.8, 4) is 0 Å². The van der Waals surface area contributed by atoms with E-state index in [1.54, 1.807) is 0 Å². The van der Waals surface area contributed by atoms with Crippen LogP contribution in [0.15, 0.2) is 60.7 Å². The summed E-state index contributed by atoms with van der Waals surface area (Å²) in [7, 11) is 0. The Morgan fingerprint density at radius 2 is 1.27 bits per heavy atom. The van der Waals surface area contributed by atoms with E-state index in [1.165, 1.54) is 6.92 Å². The first kappa shape index (κ1) is 25.8. The van der Waals surface area contributed by atoms with Crippen LogP contribution in [0.1, 0.15) is 38.3 Å². The van der Waals surface area contributed by atoms with Crippen LogP contribution < -0.4 is 16.0 Å². The van der Waals surface area contributed by atoms with Gasteiger partial charge in [0.05, 0.1) is 6.04 Å². The standard InChI is InChI=1S/C26H33N3O4/c1-18(2)14-23(27-19(3)31)26(33)29-24(16-21-12-8-5-9-13-21)25(32)28-22(17-30)15-20-10-6-4-7-11-20/h4-13,17-18,22-24H,14-16H2,1-3H3,(H,27,31)(H,28,32)(H,29,33)/t22-,23-,24-/m0/s1. The Kier molecular flexibility index (Phi) is 10.3. The largest absolute Gasteiger partial charge is 0.345 e. The minimum atomic E-state index is -0.901. The Bertz CT molecular complexity index is 916. The number of nitrogens with one attached hydrogen (secondary N) is 3. The minimum Gasteiger partial charge on any atom is -0.345 e. The van der Waals surface area contributed by atoms with Crippen molar-refractivity contribution in [2.45, 2.75) is 58.2 Å². The first-order valence-corrected chi connectivity index (χ1v) is 11.2. The van der Waals surface area contributed by atoms with Crippen molar-refractivity contribution in [2.75, 3.05) is 0 Å². The number of aldehydes is 1. The van der Waals surface area contributed by atoms with E-state index < -0.39 is 29.9 Å². The fourth-order valence-electron chi connectivity index (χ4n) is 3.56. The second-order valence-corrected chi connectivity index (χ2v) is 8.57. The summed E-state index contributed by atoms with van der Waals surface area (Å²) >= 11 is 0. The van der Waals surface area contributed by atoms with Crippen LogP contribution in [0.3, 0.4) is 0 Å². The number of amides is 3. The smallest absolute Gasteiger partial charge is 0.243 e. The van der Waals surface area contributed by atoms with Crippen molar-refractivity contribution in [3.05, 3.63) is 71.8 Å². The van der Waals surface area contributed by atoms with Crippen molar-refractivity contribution in [3.63, 3.8) is 0 Å². The van der Waals surface area contributed by atoms with Gasteiger partial charge < -0.3 is 20.7 Å². The summed E-state index contributed by atoms with van der Waals surface area (Å²) in [4.78, 5) is 49.4. The molecule has 0 aliphatic rings. The lowest BCUT2D eigenvalue weighted by Gasteiger charge is -2.25. The van der Waals surface area contributed by atoms with Gasteiger partial charge in [0.1, 0.15) is 18.4 Å². The summed E-state index contributed by atoms with van der Waals surface area (Å²) in [5.41, 5.74) is 1.78. The molecule has 0 heterocycles. The van der Waals surface area contributed by atoms with Gasteiger partial charge in [0.25, 0.3) is 0 Å². The molecule has 3 amide bonds. The third kappa shape index (κ3) is 9.27. The molecule has 0 saturated heterocycles. The molecule has 0 aliphatic heterocycles. The zero-order valence-electron chi connectivity index (χ0n) is 19.4. The maximum absolute atomic E-state index is 13.1. The Morgan fingerprint density at radius 1 is 0.758 bits per heavy atom. The monoisotopic (exact) mass is 451 g/mol. The second-order valence-electron chi connectivity index (χ2n) is 8.57. The van der Waals surface area contributed by atoms with E-state index in [0.717, 1.165) is 11.1 Å². The van der Waals surface area contributed by atoms with Gasteiger partial charge in [-0.15, -0.1) is 0 Å². The number of hydrogen-bond donors (Lipinski definition) is 3. The van der Waals surface area contributed by atoms with Crippen LogP contribution in [0, 0.1) is 5.92 Å².